The molecule has 2 rings (SSSR count). The Morgan fingerprint density at radius 1 is 1.44 bits per heavy atom. The Kier molecular flexibility index (Phi) is 3.81. The minimum Gasteiger partial charge on any atom is -0.347 e. The van der Waals surface area contributed by atoms with Gasteiger partial charge >= 0.3 is 0 Å². The molecule has 5 heteroatoms. The van der Waals surface area contributed by atoms with E-state index in [1.165, 1.54) is 12.3 Å². The maximum atomic E-state index is 12.1. The van der Waals surface area contributed by atoms with E-state index in [-0.39, 0.29) is 23.6 Å². The van der Waals surface area contributed by atoms with E-state index in [4.69, 9.17) is 0 Å². The van der Waals surface area contributed by atoms with E-state index in [1.807, 2.05) is 0 Å². The Hall–Kier alpha value is -1.62. The molecule has 2 heterocycles. The molecule has 1 amide bonds. The fourth-order valence-electron chi connectivity index (χ4n) is 2.43. The average Bonchev–Trinajstić information content (AvgIpc) is 2.34. The number of pyridine rings is 1. The fraction of sp³-hybridized carbons (Fsp3) is 0.538. The maximum Gasteiger partial charge on any atom is 0.251 e. The standard InChI is InChI=1S/C13H19N3O2/c1-8-3-5-14-9(2)12(8)16-13(18)10-4-6-15-11(17)7-10/h4,6-9,12,14H,3,5H2,1-2H3,(H,15,17)(H,16,18). The predicted octanol–water partition coefficient (Wildman–Crippen LogP) is 0.491. The highest BCUT2D eigenvalue weighted by Gasteiger charge is 2.28. The molecule has 1 aliphatic heterocycles. The van der Waals surface area contributed by atoms with Gasteiger partial charge in [0.25, 0.3) is 5.91 Å². The summed E-state index contributed by atoms with van der Waals surface area (Å²) < 4.78 is 0. The van der Waals surface area contributed by atoms with Crippen molar-refractivity contribution in [2.75, 3.05) is 6.54 Å². The van der Waals surface area contributed by atoms with Crippen molar-refractivity contribution in [3.63, 3.8) is 0 Å². The molecule has 98 valence electrons. The second-order valence-electron chi connectivity index (χ2n) is 4.95. The highest BCUT2D eigenvalue weighted by molar-refractivity contribution is 5.94. The monoisotopic (exact) mass is 249 g/mol. The van der Waals surface area contributed by atoms with Crippen molar-refractivity contribution in [3.8, 4) is 0 Å². The smallest absolute Gasteiger partial charge is 0.251 e. The molecule has 0 radical (unpaired) electrons. The molecule has 1 saturated heterocycles. The van der Waals surface area contributed by atoms with Crippen molar-refractivity contribution in [3.05, 3.63) is 34.2 Å². The van der Waals surface area contributed by atoms with Gasteiger partial charge in [-0.1, -0.05) is 6.92 Å². The molecule has 0 bridgehead atoms. The van der Waals surface area contributed by atoms with Crippen LogP contribution in [0.15, 0.2) is 23.1 Å². The number of carbonyl (C=O) groups is 1. The molecule has 0 spiro atoms. The molecule has 1 fully saturated rings. The second kappa shape index (κ2) is 5.35. The molecule has 1 aliphatic rings. The third kappa shape index (κ3) is 2.79. The molecule has 1 aromatic rings. The zero-order chi connectivity index (χ0) is 13.1. The average molecular weight is 249 g/mol. The molecule has 3 unspecified atom stereocenters. The first kappa shape index (κ1) is 12.8. The van der Waals surface area contributed by atoms with Crippen molar-refractivity contribution in [2.24, 2.45) is 5.92 Å². The van der Waals surface area contributed by atoms with Crippen LogP contribution in [0.1, 0.15) is 30.6 Å². The van der Waals surface area contributed by atoms with Crippen LogP contribution in [0.2, 0.25) is 0 Å². The Morgan fingerprint density at radius 3 is 2.89 bits per heavy atom. The van der Waals surface area contributed by atoms with Crippen molar-refractivity contribution >= 4 is 5.91 Å². The number of piperidine rings is 1. The highest BCUT2D eigenvalue weighted by Crippen LogP contribution is 2.16. The van der Waals surface area contributed by atoms with Crippen LogP contribution in [0.5, 0.6) is 0 Å². The van der Waals surface area contributed by atoms with Crippen molar-refractivity contribution in [1.29, 1.82) is 0 Å². The van der Waals surface area contributed by atoms with Gasteiger partial charge in [-0.05, 0) is 31.9 Å². The molecule has 0 aromatic carbocycles. The third-order valence-electron chi connectivity index (χ3n) is 3.55. The van der Waals surface area contributed by atoms with Crippen LogP contribution in [0.4, 0.5) is 0 Å². The summed E-state index contributed by atoms with van der Waals surface area (Å²) in [5.74, 6) is 0.251. The van der Waals surface area contributed by atoms with Crippen LogP contribution in [-0.4, -0.2) is 29.5 Å². The lowest BCUT2D eigenvalue weighted by Crippen LogP contribution is -2.55. The minimum atomic E-state index is -0.259. The summed E-state index contributed by atoms with van der Waals surface area (Å²) in [6, 6.07) is 3.29. The summed E-state index contributed by atoms with van der Waals surface area (Å²) in [5.41, 5.74) is 0.147. The Balaban J connectivity index is 2.08. The molecule has 5 nitrogen and oxygen atoms in total. The number of aromatic nitrogens is 1. The Labute approximate surface area is 106 Å². The number of hydrogen-bond acceptors (Lipinski definition) is 3. The van der Waals surface area contributed by atoms with Gasteiger partial charge in [-0.3, -0.25) is 9.59 Å². The van der Waals surface area contributed by atoms with E-state index in [2.05, 4.69) is 29.5 Å². The number of nitrogens with one attached hydrogen (secondary N) is 3. The van der Waals surface area contributed by atoms with E-state index < -0.39 is 0 Å². The normalized spacial score (nSPS) is 27.8. The molecule has 0 aliphatic carbocycles. The van der Waals surface area contributed by atoms with Gasteiger partial charge in [0.1, 0.15) is 0 Å². The van der Waals surface area contributed by atoms with E-state index in [0.717, 1.165) is 13.0 Å². The van der Waals surface area contributed by atoms with Crippen molar-refractivity contribution in [1.82, 2.24) is 15.6 Å². The number of aromatic amines is 1. The number of carbonyl (C=O) groups excluding carboxylic acids is 1. The van der Waals surface area contributed by atoms with Crippen molar-refractivity contribution < 1.29 is 4.79 Å². The van der Waals surface area contributed by atoms with Gasteiger partial charge < -0.3 is 15.6 Å². The minimum absolute atomic E-state index is 0.102. The lowest BCUT2D eigenvalue weighted by atomic mass is 9.89. The molecule has 0 saturated carbocycles. The van der Waals surface area contributed by atoms with Crippen LogP contribution in [0.25, 0.3) is 0 Å². The second-order valence-corrected chi connectivity index (χ2v) is 4.95. The van der Waals surface area contributed by atoms with Crippen molar-refractivity contribution in [2.45, 2.75) is 32.4 Å². The van der Waals surface area contributed by atoms with Crippen LogP contribution >= 0.6 is 0 Å². The summed E-state index contributed by atoms with van der Waals surface area (Å²) in [7, 11) is 0. The Bertz CT molecular complexity index is 473. The lowest BCUT2D eigenvalue weighted by Gasteiger charge is -2.36. The molecule has 3 N–H and O–H groups in total. The zero-order valence-corrected chi connectivity index (χ0v) is 10.7. The van der Waals surface area contributed by atoms with Gasteiger partial charge in [-0.2, -0.15) is 0 Å². The van der Waals surface area contributed by atoms with Crippen LogP contribution in [0, 0.1) is 5.92 Å². The van der Waals surface area contributed by atoms with E-state index in [0.29, 0.717) is 11.5 Å². The van der Waals surface area contributed by atoms with E-state index >= 15 is 0 Å². The summed E-state index contributed by atoms with van der Waals surface area (Å²) in [6.45, 7) is 5.19. The summed E-state index contributed by atoms with van der Waals surface area (Å²) in [6.07, 6.45) is 2.54. The van der Waals surface area contributed by atoms with Gasteiger partial charge in [0.05, 0.1) is 0 Å². The van der Waals surface area contributed by atoms with Gasteiger partial charge in [-0.25, -0.2) is 0 Å². The molecular formula is C13H19N3O2. The predicted molar refractivity (Wildman–Crippen MR) is 69.6 cm³/mol. The first-order valence-electron chi connectivity index (χ1n) is 6.31. The SMILES string of the molecule is CC1CCNC(C)C1NC(=O)c1cc[nH]c(=O)c1. The number of hydrogen-bond donors (Lipinski definition) is 3. The Morgan fingerprint density at radius 2 is 2.22 bits per heavy atom. The summed E-state index contributed by atoms with van der Waals surface area (Å²) >= 11 is 0. The first-order chi connectivity index (χ1) is 8.58. The summed E-state index contributed by atoms with van der Waals surface area (Å²) in [4.78, 5) is 25.7. The fourth-order valence-corrected chi connectivity index (χ4v) is 2.43. The number of rotatable bonds is 2. The number of H-pyrrole nitrogens is 1. The van der Waals surface area contributed by atoms with Gasteiger partial charge in [-0.15, -0.1) is 0 Å². The van der Waals surface area contributed by atoms with E-state index in [9.17, 15) is 9.59 Å². The largest absolute Gasteiger partial charge is 0.347 e. The third-order valence-corrected chi connectivity index (χ3v) is 3.55. The number of amides is 1. The van der Waals surface area contributed by atoms with Crippen LogP contribution in [0.3, 0.4) is 0 Å². The lowest BCUT2D eigenvalue weighted by molar-refractivity contribution is 0.0897. The molecule has 1 aromatic heterocycles. The highest BCUT2D eigenvalue weighted by atomic mass is 16.2. The quantitative estimate of drug-likeness (QED) is 0.714. The first-order valence-corrected chi connectivity index (χ1v) is 6.31. The molecule has 3 atom stereocenters. The maximum absolute atomic E-state index is 12.1. The van der Waals surface area contributed by atoms with E-state index in [1.54, 1.807) is 6.07 Å². The molecule has 18 heavy (non-hydrogen) atoms. The summed E-state index contributed by atoms with van der Waals surface area (Å²) in [5, 5.41) is 6.36. The van der Waals surface area contributed by atoms with Crippen LogP contribution in [-0.2, 0) is 0 Å². The topological polar surface area (TPSA) is 74.0 Å². The van der Waals surface area contributed by atoms with Crippen LogP contribution < -0.4 is 16.2 Å². The van der Waals surface area contributed by atoms with Gasteiger partial charge in [0.15, 0.2) is 0 Å². The molecular weight excluding hydrogens is 230 g/mol. The van der Waals surface area contributed by atoms with Gasteiger partial charge in [0, 0.05) is 29.9 Å². The van der Waals surface area contributed by atoms with Gasteiger partial charge in [0.2, 0.25) is 5.56 Å². The zero-order valence-electron chi connectivity index (χ0n) is 10.7.